The fourth-order valence-electron chi connectivity index (χ4n) is 5.86. The first kappa shape index (κ1) is 29.8. The summed E-state index contributed by atoms with van der Waals surface area (Å²) in [6.45, 7) is -0.313. The summed E-state index contributed by atoms with van der Waals surface area (Å²) < 4.78 is 46.2. The lowest BCUT2D eigenvalue weighted by Gasteiger charge is -2.30. The van der Waals surface area contributed by atoms with Crippen molar-refractivity contribution in [2.75, 3.05) is 16.8 Å². The van der Waals surface area contributed by atoms with E-state index in [1.54, 1.807) is 30.3 Å². The summed E-state index contributed by atoms with van der Waals surface area (Å²) in [5, 5.41) is 4.26. The second-order valence-corrected chi connectivity index (χ2v) is 12.9. The summed E-state index contributed by atoms with van der Waals surface area (Å²) in [5.41, 5.74) is -0.00439. The van der Waals surface area contributed by atoms with E-state index in [4.69, 9.17) is 4.74 Å². The number of H-pyrrole nitrogens is 1. The molecule has 3 heterocycles. The van der Waals surface area contributed by atoms with Crippen LogP contribution in [0.25, 0.3) is 10.8 Å². The topological polar surface area (TPSA) is 109 Å². The number of anilines is 2. The minimum absolute atomic E-state index is 0.176. The largest absolute Gasteiger partial charge is 0.484 e. The Morgan fingerprint density at radius 1 is 0.891 bits per heavy atom. The van der Waals surface area contributed by atoms with Crippen molar-refractivity contribution in [3.05, 3.63) is 117 Å². The summed E-state index contributed by atoms with van der Waals surface area (Å²) in [6, 6.07) is 24.0. The number of thioether (sulfide) groups is 1. The van der Waals surface area contributed by atoms with Crippen LogP contribution in [0.2, 0.25) is 0 Å². The number of rotatable bonds is 6. The van der Waals surface area contributed by atoms with E-state index in [2.05, 4.69) is 10.3 Å². The van der Waals surface area contributed by atoms with Gasteiger partial charge in [-0.1, -0.05) is 71.6 Å². The second kappa shape index (κ2) is 11.5. The molecule has 2 aliphatic rings. The Morgan fingerprint density at radius 2 is 1.67 bits per heavy atom. The van der Waals surface area contributed by atoms with Gasteiger partial charge in [0.05, 0.1) is 22.2 Å². The van der Waals surface area contributed by atoms with Gasteiger partial charge in [0, 0.05) is 16.5 Å². The van der Waals surface area contributed by atoms with Crippen molar-refractivity contribution in [1.29, 1.82) is 0 Å². The third-order valence-corrected chi connectivity index (χ3v) is 10.3. The Labute approximate surface area is 267 Å². The monoisotopic (exact) mass is 661 g/mol. The molecule has 1 aromatic heterocycles. The molecule has 8 nitrogen and oxygen atoms in total. The number of nitrogens with zero attached hydrogens (tertiary/aromatic N) is 1. The van der Waals surface area contributed by atoms with Crippen molar-refractivity contribution < 1.29 is 32.3 Å². The number of alkyl halides is 3. The molecule has 0 unspecified atom stereocenters. The molecule has 1 saturated heterocycles. The zero-order valence-electron chi connectivity index (χ0n) is 23.5. The Hall–Kier alpha value is -4.88. The predicted molar refractivity (Wildman–Crippen MR) is 168 cm³/mol. The van der Waals surface area contributed by atoms with Crippen LogP contribution in [0.15, 0.2) is 101 Å². The summed E-state index contributed by atoms with van der Waals surface area (Å²) >= 11 is 1.93. The van der Waals surface area contributed by atoms with E-state index in [0.717, 1.165) is 57.0 Å². The van der Waals surface area contributed by atoms with Crippen molar-refractivity contribution in [2.24, 2.45) is 5.92 Å². The fraction of sp³-hybridized carbons (Fsp3) is 0.152. The Balaban J connectivity index is 1.15. The lowest BCUT2D eigenvalue weighted by molar-refractivity contribution is -0.137. The van der Waals surface area contributed by atoms with Gasteiger partial charge >= 0.3 is 11.0 Å². The minimum atomic E-state index is -4.66. The molecular formula is C33H22F3N3O5S2. The van der Waals surface area contributed by atoms with Gasteiger partial charge in [0.15, 0.2) is 6.61 Å². The summed E-state index contributed by atoms with van der Waals surface area (Å²) in [6.07, 6.45) is -4.66. The van der Waals surface area contributed by atoms with E-state index in [-0.39, 0.29) is 17.2 Å². The molecule has 5 aromatic rings. The third kappa shape index (κ3) is 5.45. The molecule has 0 aliphatic carbocycles. The van der Waals surface area contributed by atoms with Gasteiger partial charge in [0.1, 0.15) is 11.0 Å². The van der Waals surface area contributed by atoms with E-state index >= 15 is 0 Å². The van der Waals surface area contributed by atoms with Gasteiger partial charge in [-0.2, -0.15) is 13.2 Å². The average Bonchev–Trinajstić information content (AvgIpc) is 3.53. The first-order chi connectivity index (χ1) is 22.1. The van der Waals surface area contributed by atoms with Crippen molar-refractivity contribution in [3.8, 4) is 5.75 Å². The number of hydrogen-bond donors (Lipinski definition) is 2. The van der Waals surface area contributed by atoms with Crippen LogP contribution in [0.1, 0.15) is 21.9 Å². The summed E-state index contributed by atoms with van der Waals surface area (Å²) in [4.78, 5) is 56.3. The number of aromatic nitrogens is 1. The molecule has 7 rings (SSSR count). The first-order valence-electron chi connectivity index (χ1n) is 14.0. The number of nitrogens with one attached hydrogen (secondary N) is 2. The van der Waals surface area contributed by atoms with Gasteiger partial charge in [-0.25, -0.2) is 4.90 Å². The van der Waals surface area contributed by atoms with Gasteiger partial charge in [-0.3, -0.25) is 19.2 Å². The van der Waals surface area contributed by atoms with E-state index in [1.807, 2.05) is 36.4 Å². The molecule has 3 amide bonds. The molecule has 1 fully saturated rings. The number of halogens is 3. The SMILES string of the molecule is O=C(COc1cccc([C@@H]2c3sc(=O)[nH]c3S[C@H]3C(=O)N(c4cccc(C(F)(F)F)c4)C(=O)[C@@H]23)c1)Nc1ccc2ccccc2c1. The number of thiazole rings is 1. The number of amides is 3. The van der Waals surface area contributed by atoms with Crippen LogP contribution in [0.4, 0.5) is 24.5 Å². The van der Waals surface area contributed by atoms with E-state index in [0.29, 0.717) is 26.9 Å². The maximum Gasteiger partial charge on any atom is 0.416 e. The highest BCUT2D eigenvalue weighted by Crippen LogP contribution is 2.53. The quantitative estimate of drug-likeness (QED) is 0.203. The Morgan fingerprint density at radius 3 is 2.48 bits per heavy atom. The highest BCUT2D eigenvalue weighted by atomic mass is 32.2. The number of imide groups is 1. The number of carbonyl (C=O) groups is 3. The summed E-state index contributed by atoms with van der Waals surface area (Å²) in [7, 11) is 0. The van der Waals surface area contributed by atoms with Crippen molar-refractivity contribution in [3.63, 3.8) is 0 Å². The molecular weight excluding hydrogens is 640 g/mol. The zero-order chi connectivity index (χ0) is 32.2. The number of hydrogen-bond acceptors (Lipinski definition) is 7. The van der Waals surface area contributed by atoms with Crippen LogP contribution >= 0.6 is 23.1 Å². The Bertz CT molecular complexity index is 2090. The standard InChI is InChI=1S/C33H22F3N3O5S2/c34-33(35,36)20-8-4-9-22(15-20)39-30(41)26-25(27-29(38-32(43)46-27)45-28(26)31(39)42)19-7-3-10-23(14-19)44-16-24(40)37-21-12-11-17-5-1-2-6-18(17)13-21/h1-15,25-26,28H,16H2,(H,37,40)(H,38,43)/t25-,26-,28+/m0/s1. The van der Waals surface area contributed by atoms with Crippen molar-refractivity contribution >= 4 is 63.0 Å². The first-order valence-corrected chi connectivity index (χ1v) is 15.7. The lowest BCUT2D eigenvalue weighted by Crippen LogP contribution is -2.32. The smallest absolute Gasteiger partial charge is 0.416 e. The molecule has 0 bridgehead atoms. The molecule has 46 heavy (non-hydrogen) atoms. The average molecular weight is 662 g/mol. The fourth-order valence-corrected chi connectivity index (χ4v) is 8.38. The van der Waals surface area contributed by atoms with Crippen LogP contribution in [0, 0.1) is 5.92 Å². The maximum atomic E-state index is 13.9. The molecule has 4 aromatic carbocycles. The molecule has 3 atom stereocenters. The lowest BCUT2D eigenvalue weighted by atomic mass is 9.83. The highest BCUT2D eigenvalue weighted by Gasteiger charge is 2.56. The normalized spacial score (nSPS) is 19.2. The minimum Gasteiger partial charge on any atom is -0.484 e. The number of benzene rings is 4. The van der Waals surface area contributed by atoms with Crippen molar-refractivity contribution in [2.45, 2.75) is 22.4 Å². The summed E-state index contributed by atoms with van der Waals surface area (Å²) in [5.74, 6) is -3.19. The van der Waals surface area contributed by atoms with Crippen LogP contribution in [0.3, 0.4) is 0 Å². The molecule has 232 valence electrons. The van der Waals surface area contributed by atoms with Crippen LogP contribution in [-0.2, 0) is 20.6 Å². The molecule has 2 N–H and O–H groups in total. The molecule has 2 aliphatic heterocycles. The van der Waals surface area contributed by atoms with E-state index in [1.165, 1.54) is 6.07 Å². The second-order valence-electron chi connectivity index (χ2n) is 10.8. The highest BCUT2D eigenvalue weighted by molar-refractivity contribution is 8.00. The Kier molecular flexibility index (Phi) is 7.44. The zero-order valence-corrected chi connectivity index (χ0v) is 25.2. The molecule has 13 heteroatoms. The van der Waals surface area contributed by atoms with Crippen LogP contribution in [0.5, 0.6) is 5.75 Å². The van der Waals surface area contributed by atoms with Gasteiger partial charge in [0.2, 0.25) is 11.8 Å². The van der Waals surface area contributed by atoms with E-state index in [9.17, 15) is 32.3 Å². The van der Waals surface area contributed by atoms with Gasteiger partial charge < -0.3 is 15.0 Å². The van der Waals surface area contributed by atoms with Crippen molar-refractivity contribution in [1.82, 2.24) is 4.98 Å². The van der Waals surface area contributed by atoms with Crippen LogP contribution in [-0.4, -0.2) is 34.6 Å². The number of ether oxygens (including phenoxy) is 1. The number of fused-ring (bicyclic) bond motifs is 3. The number of aromatic amines is 1. The molecule has 0 spiro atoms. The van der Waals surface area contributed by atoms with Crippen LogP contribution < -0.4 is 19.8 Å². The van der Waals surface area contributed by atoms with Gasteiger partial charge in [0.25, 0.3) is 5.91 Å². The predicted octanol–water partition coefficient (Wildman–Crippen LogP) is 6.42. The van der Waals surface area contributed by atoms with Gasteiger partial charge in [-0.05, 0) is 58.8 Å². The molecule has 0 radical (unpaired) electrons. The van der Waals surface area contributed by atoms with Gasteiger partial charge in [-0.15, -0.1) is 0 Å². The van der Waals surface area contributed by atoms with E-state index < -0.39 is 46.5 Å². The number of carbonyl (C=O) groups excluding carboxylic acids is 3. The molecule has 0 saturated carbocycles. The maximum absolute atomic E-state index is 13.9. The third-order valence-electron chi connectivity index (χ3n) is 7.88.